The van der Waals surface area contributed by atoms with Crippen molar-refractivity contribution in [3.63, 3.8) is 0 Å². The van der Waals surface area contributed by atoms with Crippen molar-refractivity contribution in [2.45, 2.75) is 12.8 Å². The van der Waals surface area contributed by atoms with Gasteiger partial charge in [-0.1, -0.05) is 0 Å². The highest BCUT2D eigenvalue weighted by molar-refractivity contribution is 6.04. The van der Waals surface area contributed by atoms with Gasteiger partial charge in [0.25, 0.3) is 5.91 Å². The molecular formula is C20H22N2O5. The lowest BCUT2D eigenvalue weighted by atomic mass is 10.0. The number of benzene rings is 1. The molecule has 1 amide bonds. The van der Waals surface area contributed by atoms with Crippen molar-refractivity contribution in [1.82, 2.24) is 4.98 Å². The molecule has 1 fully saturated rings. The van der Waals surface area contributed by atoms with E-state index in [9.17, 15) is 4.79 Å². The summed E-state index contributed by atoms with van der Waals surface area (Å²) in [5.41, 5.74) is 1.10. The molecule has 0 saturated carbocycles. The van der Waals surface area contributed by atoms with E-state index in [-0.39, 0.29) is 5.91 Å². The molecule has 27 heavy (non-hydrogen) atoms. The Morgan fingerprint density at radius 1 is 1.07 bits per heavy atom. The Morgan fingerprint density at radius 2 is 1.89 bits per heavy atom. The van der Waals surface area contributed by atoms with E-state index in [4.69, 9.17) is 18.9 Å². The highest BCUT2D eigenvalue weighted by atomic mass is 16.6. The van der Waals surface area contributed by atoms with Gasteiger partial charge in [-0.25, -0.2) is 4.98 Å². The number of carbonyl (C=O) groups is 1. The first-order valence-electron chi connectivity index (χ1n) is 9.15. The molecule has 1 N–H and O–H groups in total. The zero-order valence-electron chi connectivity index (χ0n) is 15.0. The third-order valence-corrected chi connectivity index (χ3v) is 4.61. The van der Waals surface area contributed by atoms with Crippen molar-refractivity contribution in [3.05, 3.63) is 42.1 Å². The minimum atomic E-state index is -0.241. The van der Waals surface area contributed by atoms with E-state index >= 15 is 0 Å². The standard InChI is InChI=1S/C20H22N2O5/c23-20(22-16-2-3-17-18(11-16)26-10-9-25-17)15-1-4-19(21-12-15)27-13-14-5-7-24-8-6-14/h1-4,11-12,14H,5-10,13H2,(H,22,23). The second kappa shape index (κ2) is 8.26. The highest BCUT2D eigenvalue weighted by Crippen LogP contribution is 2.32. The number of anilines is 1. The monoisotopic (exact) mass is 370 g/mol. The van der Waals surface area contributed by atoms with E-state index in [1.807, 2.05) is 0 Å². The summed E-state index contributed by atoms with van der Waals surface area (Å²) in [4.78, 5) is 16.7. The number of pyridine rings is 1. The van der Waals surface area contributed by atoms with E-state index in [1.54, 1.807) is 30.3 Å². The van der Waals surface area contributed by atoms with Gasteiger partial charge in [0, 0.05) is 37.2 Å². The van der Waals surface area contributed by atoms with Gasteiger partial charge in [-0.05, 0) is 37.0 Å². The smallest absolute Gasteiger partial charge is 0.257 e. The van der Waals surface area contributed by atoms with E-state index in [0.717, 1.165) is 26.1 Å². The van der Waals surface area contributed by atoms with E-state index in [1.165, 1.54) is 6.20 Å². The van der Waals surface area contributed by atoms with Crippen LogP contribution in [0.4, 0.5) is 5.69 Å². The van der Waals surface area contributed by atoms with Gasteiger partial charge >= 0.3 is 0 Å². The molecule has 7 nitrogen and oxygen atoms in total. The Labute approximate surface area is 157 Å². The lowest BCUT2D eigenvalue weighted by Gasteiger charge is -2.21. The Morgan fingerprint density at radius 3 is 2.67 bits per heavy atom. The third-order valence-electron chi connectivity index (χ3n) is 4.61. The van der Waals surface area contributed by atoms with Crippen molar-refractivity contribution in [3.8, 4) is 17.4 Å². The number of nitrogens with zero attached hydrogens (tertiary/aromatic N) is 1. The Bertz CT molecular complexity index is 787. The molecule has 2 aliphatic heterocycles. The van der Waals surface area contributed by atoms with Crippen molar-refractivity contribution >= 4 is 11.6 Å². The van der Waals surface area contributed by atoms with Crippen molar-refractivity contribution in [2.24, 2.45) is 5.92 Å². The normalized spacial score (nSPS) is 16.6. The number of rotatable bonds is 5. The van der Waals surface area contributed by atoms with Gasteiger partial charge in [0.1, 0.15) is 13.2 Å². The fourth-order valence-corrected chi connectivity index (χ4v) is 3.04. The van der Waals surface area contributed by atoms with Crippen LogP contribution in [0.2, 0.25) is 0 Å². The second-order valence-corrected chi connectivity index (χ2v) is 6.56. The zero-order chi connectivity index (χ0) is 18.5. The van der Waals surface area contributed by atoms with Gasteiger partial charge < -0.3 is 24.3 Å². The minimum absolute atomic E-state index is 0.241. The molecule has 0 radical (unpaired) electrons. The van der Waals surface area contributed by atoms with Crippen LogP contribution >= 0.6 is 0 Å². The van der Waals surface area contributed by atoms with Crippen LogP contribution in [0.15, 0.2) is 36.5 Å². The zero-order valence-corrected chi connectivity index (χ0v) is 15.0. The Hall–Kier alpha value is -2.80. The van der Waals surface area contributed by atoms with Crippen LogP contribution in [0.5, 0.6) is 17.4 Å². The fourth-order valence-electron chi connectivity index (χ4n) is 3.04. The van der Waals surface area contributed by atoms with Gasteiger partial charge in [-0.3, -0.25) is 4.79 Å². The Balaban J connectivity index is 1.33. The summed E-state index contributed by atoms with van der Waals surface area (Å²) in [6, 6.07) is 8.75. The summed E-state index contributed by atoms with van der Waals surface area (Å²) >= 11 is 0. The van der Waals surface area contributed by atoms with E-state index < -0.39 is 0 Å². The number of fused-ring (bicyclic) bond motifs is 1. The van der Waals surface area contributed by atoms with Gasteiger partial charge in [0.05, 0.1) is 12.2 Å². The average molecular weight is 370 g/mol. The van der Waals surface area contributed by atoms with Gasteiger partial charge in [0.15, 0.2) is 11.5 Å². The van der Waals surface area contributed by atoms with Crippen LogP contribution in [0, 0.1) is 5.92 Å². The lowest BCUT2D eigenvalue weighted by Crippen LogP contribution is -2.21. The first-order chi connectivity index (χ1) is 13.3. The SMILES string of the molecule is O=C(Nc1ccc2c(c1)OCCO2)c1ccc(OCC2CCOCC2)nc1. The number of aromatic nitrogens is 1. The minimum Gasteiger partial charge on any atom is -0.486 e. The molecule has 0 spiro atoms. The summed E-state index contributed by atoms with van der Waals surface area (Å²) < 4.78 is 22.1. The summed E-state index contributed by atoms with van der Waals surface area (Å²) in [5, 5.41) is 2.84. The average Bonchev–Trinajstić information content (AvgIpc) is 2.73. The van der Waals surface area contributed by atoms with Crippen LogP contribution in [0.3, 0.4) is 0 Å². The van der Waals surface area contributed by atoms with Gasteiger partial charge in [-0.15, -0.1) is 0 Å². The molecule has 3 heterocycles. The number of hydrogen-bond donors (Lipinski definition) is 1. The summed E-state index contributed by atoms with van der Waals surface area (Å²) in [6.07, 6.45) is 3.54. The largest absolute Gasteiger partial charge is 0.486 e. The van der Waals surface area contributed by atoms with Crippen LogP contribution in [-0.4, -0.2) is 43.9 Å². The lowest BCUT2D eigenvalue weighted by molar-refractivity contribution is 0.0490. The van der Waals surface area contributed by atoms with Crippen LogP contribution < -0.4 is 19.5 Å². The molecule has 142 valence electrons. The number of ether oxygens (including phenoxy) is 4. The first kappa shape index (κ1) is 17.6. The molecule has 7 heteroatoms. The molecule has 0 unspecified atom stereocenters. The van der Waals surface area contributed by atoms with E-state index in [2.05, 4.69) is 10.3 Å². The maximum Gasteiger partial charge on any atom is 0.257 e. The highest BCUT2D eigenvalue weighted by Gasteiger charge is 2.16. The molecule has 1 aromatic heterocycles. The predicted molar refractivity (Wildman–Crippen MR) is 98.7 cm³/mol. The maximum atomic E-state index is 12.4. The number of nitrogens with one attached hydrogen (secondary N) is 1. The van der Waals surface area contributed by atoms with Gasteiger partial charge in [-0.2, -0.15) is 0 Å². The topological polar surface area (TPSA) is 78.9 Å². The van der Waals surface area contributed by atoms with Crippen molar-refractivity contribution in [2.75, 3.05) is 38.4 Å². The second-order valence-electron chi connectivity index (χ2n) is 6.56. The fraction of sp³-hybridized carbons (Fsp3) is 0.400. The third kappa shape index (κ3) is 4.49. The summed E-state index contributed by atoms with van der Waals surface area (Å²) in [6.45, 7) is 3.25. The van der Waals surface area contributed by atoms with Crippen LogP contribution in [0.1, 0.15) is 23.2 Å². The van der Waals surface area contributed by atoms with Crippen LogP contribution in [-0.2, 0) is 4.74 Å². The first-order valence-corrected chi connectivity index (χ1v) is 9.15. The molecule has 1 saturated heterocycles. The molecule has 0 aliphatic carbocycles. The number of amides is 1. The molecular weight excluding hydrogens is 348 g/mol. The number of carbonyl (C=O) groups excluding carboxylic acids is 1. The maximum absolute atomic E-state index is 12.4. The molecule has 0 bridgehead atoms. The van der Waals surface area contributed by atoms with Crippen molar-refractivity contribution in [1.29, 1.82) is 0 Å². The quantitative estimate of drug-likeness (QED) is 0.872. The number of hydrogen-bond acceptors (Lipinski definition) is 6. The molecule has 2 aromatic rings. The van der Waals surface area contributed by atoms with Crippen molar-refractivity contribution < 1.29 is 23.7 Å². The molecule has 0 atom stereocenters. The van der Waals surface area contributed by atoms with Gasteiger partial charge in [0.2, 0.25) is 5.88 Å². The summed E-state index contributed by atoms with van der Waals surface area (Å²) in [7, 11) is 0. The summed E-state index contributed by atoms with van der Waals surface area (Å²) in [5.74, 6) is 2.10. The predicted octanol–water partition coefficient (Wildman–Crippen LogP) is 2.91. The molecule has 1 aromatic carbocycles. The van der Waals surface area contributed by atoms with E-state index in [0.29, 0.717) is 54.4 Å². The molecule has 4 rings (SSSR count). The Kier molecular flexibility index (Phi) is 5.39. The molecule has 2 aliphatic rings. The van der Waals surface area contributed by atoms with Crippen LogP contribution in [0.25, 0.3) is 0 Å².